The molecule has 0 unspecified atom stereocenters. The SMILES string of the molecule is CCOC(=O)[C@H]1C[C@@H]1c1ccc(O[C@@H]2CCc3c(Oc4ccc(C=O)cc4)ccc(F)c32)cc1. The Balaban J connectivity index is 1.29. The van der Waals surface area contributed by atoms with Crippen molar-refractivity contribution in [1.29, 1.82) is 0 Å². The van der Waals surface area contributed by atoms with E-state index in [1.165, 1.54) is 6.07 Å². The minimum absolute atomic E-state index is 0.0596. The van der Waals surface area contributed by atoms with Crippen molar-refractivity contribution in [3.63, 3.8) is 0 Å². The zero-order chi connectivity index (χ0) is 23.7. The maximum absolute atomic E-state index is 14.8. The fraction of sp³-hybridized carbons (Fsp3) is 0.286. The van der Waals surface area contributed by atoms with Crippen LogP contribution >= 0.6 is 0 Å². The predicted molar refractivity (Wildman–Crippen MR) is 124 cm³/mol. The van der Waals surface area contributed by atoms with Crippen molar-refractivity contribution < 1.29 is 28.2 Å². The normalized spacial score (nSPS) is 20.4. The third kappa shape index (κ3) is 4.40. The van der Waals surface area contributed by atoms with Gasteiger partial charge in [0, 0.05) is 16.7 Å². The van der Waals surface area contributed by atoms with E-state index in [1.54, 1.807) is 30.3 Å². The molecule has 3 aromatic rings. The summed E-state index contributed by atoms with van der Waals surface area (Å²) in [6.45, 7) is 2.21. The molecular formula is C28H25FO5. The Labute approximate surface area is 197 Å². The van der Waals surface area contributed by atoms with Gasteiger partial charge in [-0.1, -0.05) is 12.1 Å². The summed E-state index contributed by atoms with van der Waals surface area (Å²) < 4.78 is 32.1. The van der Waals surface area contributed by atoms with Crippen molar-refractivity contribution in [2.24, 2.45) is 5.92 Å². The van der Waals surface area contributed by atoms with Crippen LogP contribution < -0.4 is 9.47 Å². The smallest absolute Gasteiger partial charge is 0.309 e. The molecule has 0 N–H and O–H groups in total. The van der Waals surface area contributed by atoms with Crippen LogP contribution in [0.3, 0.4) is 0 Å². The van der Waals surface area contributed by atoms with Crippen LogP contribution in [-0.4, -0.2) is 18.9 Å². The first-order valence-electron chi connectivity index (χ1n) is 11.5. The first-order valence-corrected chi connectivity index (χ1v) is 11.5. The van der Waals surface area contributed by atoms with Crippen molar-refractivity contribution in [3.8, 4) is 17.2 Å². The van der Waals surface area contributed by atoms with Crippen molar-refractivity contribution >= 4 is 12.3 Å². The summed E-state index contributed by atoms with van der Waals surface area (Å²) in [5, 5.41) is 0. The first-order chi connectivity index (χ1) is 16.6. The third-order valence-electron chi connectivity index (χ3n) is 6.45. The second-order valence-electron chi connectivity index (χ2n) is 8.64. The van der Waals surface area contributed by atoms with Gasteiger partial charge in [-0.3, -0.25) is 9.59 Å². The molecule has 0 radical (unpaired) electrons. The molecule has 0 bridgehead atoms. The van der Waals surface area contributed by atoms with Gasteiger partial charge in [-0.25, -0.2) is 4.39 Å². The Morgan fingerprint density at radius 3 is 2.47 bits per heavy atom. The van der Waals surface area contributed by atoms with Crippen LogP contribution in [-0.2, 0) is 16.0 Å². The molecule has 0 aromatic heterocycles. The van der Waals surface area contributed by atoms with Gasteiger partial charge >= 0.3 is 5.97 Å². The minimum atomic E-state index is -0.407. The molecule has 0 aliphatic heterocycles. The summed E-state index contributed by atoms with van der Waals surface area (Å²) in [7, 11) is 0. The Hall–Kier alpha value is -3.67. The molecule has 2 aliphatic carbocycles. The molecule has 0 heterocycles. The summed E-state index contributed by atoms with van der Waals surface area (Å²) >= 11 is 0. The van der Waals surface area contributed by atoms with E-state index in [1.807, 2.05) is 31.2 Å². The van der Waals surface area contributed by atoms with Gasteiger partial charge < -0.3 is 14.2 Å². The van der Waals surface area contributed by atoms with Crippen LogP contribution in [0, 0.1) is 11.7 Å². The van der Waals surface area contributed by atoms with E-state index in [0.29, 0.717) is 47.8 Å². The van der Waals surface area contributed by atoms with Gasteiger partial charge in [-0.2, -0.15) is 0 Å². The largest absolute Gasteiger partial charge is 0.486 e. The topological polar surface area (TPSA) is 61.8 Å². The zero-order valence-corrected chi connectivity index (χ0v) is 18.8. The van der Waals surface area contributed by atoms with Gasteiger partial charge in [0.1, 0.15) is 35.5 Å². The van der Waals surface area contributed by atoms with Crippen LogP contribution in [0.5, 0.6) is 17.2 Å². The van der Waals surface area contributed by atoms with E-state index in [2.05, 4.69) is 0 Å². The van der Waals surface area contributed by atoms with Gasteiger partial charge in [0.15, 0.2) is 0 Å². The number of aldehydes is 1. The van der Waals surface area contributed by atoms with Crippen LogP contribution in [0.25, 0.3) is 0 Å². The Morgan fingerprint density at radius 2 is 1.76 bits per heavy atom. The molecule has 5 nitrogen and oxygen atoms in total. The minimum Gasteiger partial charge on any atom is -0.486 e. The maximum Gasteiger partial charge on any atom is 0.309 e. The van der Waals surface area contributed by atoms with E-state index >= 15 is 0 Å². The standard InChI is InChI=1S/C28H25FO5/c1-2-32-28(31)23-15-22(23)18-5-9-20(10-6-18)34-26-13-11-21-25(14-12-24(29)27(21)26)33-19-7-3-17(16-30)4-8-19/h3-10,12,14,16,22-23,26H,2,11,13,15H2,1H3/t22-,23+,26-/m1/s1. The van der Waals surface area contributed by atoms with E-state index in [4.69, 9.17) is 14.2 Å². The highest BCUT2D eigenvalue weighted by atomic mass is 19.1. The highest BCUT2D eigenvalue weighted by Gasteiger charge is 2.45. The Kier molecular flexibility index (Phi) is 6.05. The van der Waals surface area contributed by atoms with Crippen LogP contribution in [0.1, 0.15) is 58.8 Å². The monoisotopic (exact) mass is 460 g/mol. The highest BCUT2D eigenvalue weighted by Crippen LogP contribution is 2.49. The first kappa shape index (κ1) is 22.1. The lowest BCUT2D eigenvalue weighted by Gasteiger charge is -2.17. The summed E-state index contributed by atoms with van der Waals surface area (Å²) in [6, 6.07) is 17.5. The average Bonchev–Trinajstić information content (AvgIpc) is 3.55. The molecule has 174 valence electrons. The lowest BCUT2D eigenvalue weighted by Crippen LogP contribution is -2.07. The quantitative estimate of drug-likeness (QED) is 0.297. The van der Waals surface area contributed by atoms with Gasteiger partial charge in [0.25, 0.3) is 0 Å². The number of hydrogen-bond acceptors (Lipinski definition) is 5. The summed E-state index contributed by atoms with van der Waals surface area (Å²) in [5.74, 6) is 1.52. The van der Waals surface area contributed by atoms with Gasteiger partial charge in [-0.05, 0) is 86.2 Å². The lowest BCUT2D eigenvalue weighted by atomic mass is 10.1. The van der Waals surface area contributed by atoms with Crippen molar-refractivity contribution in [2.45, 2.75) is 38.2 Å². The number of esters is 1. The zero-order valence-electron chi connectivity index (χ0n) is 18.8. The fourth-order valence-electron chi connectivity index (χ4n) is 4.63. The van der Waals surface area contributed by atoms with Crippen LogP contribution in [0.2, 0.25) is 0 Å². The van der Waals surface area contributed by atoms with Crippen molar-refractivity contribution in [1.82, 2.24) is 0 Å². The number of hydrogen-bond donors (Lipinski definition) is 0. The molecule has 3 aromatic carbocycles. The Bertz CT molecular complexity index is 1200. The lowest BCUT2D eigenvalue weighted by molar-refractivity contribution is -0.144. The van der Waals surface area contributed by atoms with Gasteiger partial charge in [-0.15, -0.1) is 0 Å². The number of fused-ring (bicyclic) bond motifs is 1. The molecule has 3 atom stereocenters. The third-order valence-corrected chi connectivity index (χ3v) is 6.45. The highest BCUT2D eigenvalue weighted by molar-refractivity contribution is 5.77. The number of benzene rings is 3. The number of rotatable bonds is 8. The molecule has 0 amide bonds. The van der Waals surface area contributed by atoms with Crippen molar-refractivity contribution in [3.05, 3.63) is 88.7 Å². The average molecular weight is 461 g/mol. The van der Waals surface area contributed by atoms with Crippen LogP contribution in [0.15, 0.2) is 60.7 Å². The number of carbonyl (C=O) groups is 2. The fourth-order valence-corrected chi connectivity index (χ4v) is 4.63. The van der Waals surface area contributed by atoms with Crippen LogP contribution in [0.4, 0.5) is 4.39 Å². The second kappa shape index (κ2) is 9.29. The van der Waals surface area contributed by atoms with Gasteiger partial charge in [0.2, 0.25) is 0 Å². The predicted octanol–water partition coefficient (Wildman–Crippen LogP) is 6.16. The summed E-state index contributed by atoms with van der Waals surface area (Å²) in [5.41, 5.74) is 2.97. The second-order valence-corrected chi connectivity index (χ2v) is 8.64. The summed E-state index contributed by atoms with van der Waals surface area (Å²) in [6.07, 6.45) is 2.46. The maximum atomic E-state index is 14.8. The number of ether oxygens (including phenoxy) is 3. The number of halogens is 1. The van der Waals surface area contributed by atoms with Crippen molar-refractivity contribution in [2.75, 3.05) is 6.61 Å². The van der Waals surface area contributed by atoms with Gasteiger partial charge in [0.05, 0.1) is 12.5 Å². The summed E-state index contributed by atoms with van der Waals surface area (Å²) in [4.78, 5) is 22.8. The molecule has 2 aliphatic rings. The van der Waals surface area contributed by atoms with E-state index < -0.39 is 6.10 Å². The molecule has 34 heavy (non-hydrogen) atoms. The molecule has 0 saturated heterocycles. The Morgan fingerprint density at radius 1 is 1.03 bits per heavy atom. The molecule has 5 rings (SSSR count). The van der Waals surface area contributed by atoms with E-state index in [-0.39, 0.29) is 23.6 Å². The molecule has 0 spiro atoms. The number of carbonyl (C=O) groups excluding carboxylic acids is 2. The molecule has 1 saturated carbocycles. The molecule has 6 heteroatoms. The molecule has 1 fully saturated rings. The van der Waals surface area contributed by atoms with E-state index in [9.17, 15) is 14.0 Å². The van der Waals surface area contributed by atoms with E-state index in [0.717, 1.165) is 23.8 Å². The molecular weight excluding hydrogens is 435 g/mol.